The molecule has 14 heavy (non-hydrogen) atoms. The van der Waals surface area contributed by atoms with Crippen LogP contribution in [0, 0.1) is 0 Å². The Kier molecular flexibility index (Phi) is 1.74. The highest BCUT2D eigenvalue weighted by molar-refractivity contribution is 7.18. The number of rotatable bonds is 2. The van der Waals surface area contributed by atoms with Crippen LogP contribution in [0.2, 0.25) is 0 Å². The SMILES string of the molecule is CNc1cccc2sc(C3CC3)nc12. The summed E-state index contributed by atoms with van der Waals surface area (Å²) in [5.74, 6) is 0.761. The van der Waals surface area contributed by atoms with Crippen molar-refractivity contribution in [2.24, 2.45) is 0 Å². The third-order valence-corrected chi connectivity index (χ3v) is 3.81. The van der Waals surface area contributed by atoms with E-state index >= 15 is 0 Å². The van der Waals surface area contributed by atoms with Crippen LogP contribution in [0.1, 0.15) is 23.8 Å². The number of nitrogens with one attached hydrogen (secondary N) is 1. The molecule has 1 fully saturated rings. The summed E-state index contributed by atoms with van der Waals surface area (Å²) in [6.45, 7) is 0. The Bertz CT molecular complexity index is 471. The molecule has 3 rings (SSSR count). The molecule has 0 atom stereocenters. The van der Waals surface area contributed by atoms with Gasteiger partial charge in [0, 0.05) is 13.0 Å². The van der Waals surface area contributed by atoms with E-state index in [1.807, 2.05) is 18.4 Å². The molecule has 1 aromatic carbocycles. The van der Waals surface area contributed by atoms with Crippen LogP contribution in [0.25, 0.3) is 10.2 Å². The van der Waals surface area contributed by atoms with E-state index in [-0.39, 0.29) is 0 Å². The van der Waals surface area contributed by atoms with Crippen molar-refractivity contribution in [3.8, 4) is 0 Å². The predicted molar refractivity (Wildman–Crippen MR) is 61.1 cm³/mol. The molecule has 0 bridgehead atoms. The van der Waals surface area contributed by atoms with E-state index in [1.165, 1.54) is 22.5 Å². The first-order valence-corrected chi connectivity index (χ1v) is 5.77. The number of hydrogen-bond acceptors (Lipinski definition) is 3. The molecule has 0 aliphatic heterocycles. The maximum Gasteiger partial charge on any atom is 0.105 e. The maximum absolute atomic E-state index is 4.70. The largest absolute Gasteiger partial charge is 0.386 e. The van der Waals surface area contributed by atoms with Crippen molar-refractivity contribution in [1.82, 2.24) is 4.98 Å². The number of para-hydroxylation sites is 1. The molecule has 2 aromatic rings. The number of hydrogen-bond donors (Lipinski definition) is 1. The first-order valence-electron chi connectivity index (χ1n) is 4.95. The molecule has 1 aromatic heterocycles. The molecule has 1 aliphatic rings. The number of fused-ring (bicyclic) bond motifs is 1. The van der Waals surface area contributed by atoms with Crippen molar-refractivity contribution in [1.29, 1.82) is 0 Å². The number of benzene rings is 1. The average molecular weight is 204 g/mol. The van der Waals surface area contributed by atoms with Gasteiger partial charge in [-0.3, -0.25) is 0 Å². The molecule has 1 N–H and O–H groups in total. The maximum atomic E-state index is 4.70. The third-order valence-electron chi connectivity index (χ3n) is 2.63. The summed E-state index contributed by atoms with van der Waals surface area (Å²) in [6, 6.07) is 6.32. The summed E-state index contributed by atoms with van der Waals surface area (Å²) >= 11 is 1.85. The lowest BCUT2D eigenvalue weighted by molar-refractivity contribution is 1.10. The van der Waals surface area contributed by atoms with Gasteiger partial charge in [0.15, 0.2) is 0 Å². The van der Waals surface area contributed by atoms with Crippen molar-refractivity contribution >= 4 is 27.2 Å². The minimum absolute atomic E-state index is 0.761. The minimum Gasteiger partial charge on any atom is -0.386 e. The van der Waals surface area contributed by atoms with Gasteiger partial charge in [-0.1, -0.05) is 6.07 Å². The van der Waals surface area contributed by atoms with E-state index in [0.29, 0.717) is 0 Å². The van der Waals surface area contributed by atoms with Gasteiger partial charge in [-0.25, -0.2) is 4.98 Å². The smallest absolute Gasteiger partial charge is 0.105 e. The van der Waals surface area contributed by atoms with E-state index in [0.717, 1.165) is 17.1 Å². The standard InChI is InChI=1S/C11H12N2S/c1-12-8-3-2-4-9-10(8)13-11(14-9)7-5-6-7/h2-4,7,12H,5-6H2,1H3. The molecular weight excluding hydrogens is 192 g/mol. The predicted octanol–water partition coefficient (Wildman–Crippen LogP) is 3.22. The molecule has 0 amide bonds. The summed E-state index contributed by atoms with van der Waals surface area (Å²) in [5, 5.41) is 4.51. The molecule has 0 unspecified atom stereocenters. The summed E-state index contributed by atoms with van der Waals surface area (Å²) in [4.78, 5) is 4.70. The Labute approximate surface area is 87.0 Å². The first kappa shape index (κ1) is 8.24. The van der Waals surface area contributed by atoms with Gasteiger partial charge in [-0.15, -0.1) is 11.3 Å². The zero-order valence-corrected chi connectivity index (χ0v) is 8.90. The Hall–Kier alpha value is -1.09. The molecule has 0 radical (unpaired) electrons. The lowest BCUT2D eigenvalue weighted by atomic mass is 10.3. The second-order valence-corrected chi connectivity index (χ2v) is 4.79. The zero-order chi connectivity index (χ0) is 9.54. The Morgan fingerprint density at radius 1 is 1.43 bits per heavy atom. The zero-order valence-electron chi connectivity index (χ0n) is 8.08. The van der Waals surface area contributed by atoms with E-state index in [2.05, 4.69) is 23.5 Å². The first-order chi connectivity index (χ1) is 6.88. The van der Waals surface area contributed by atoms with Gasteiger partial charge in [-0.05, 0) is 25.0 Å². The number of anilines is 1. The fraction of sp³-hybridized carbons (Fsp3) is 0.364. The minimum atomic E-state index is 0.761. The van der Waals surface area contributed by atoms with E-state index < -0.39 is 0 Å². The van der Waals surface area contributed by atoms with Crippen LogP contribution in [0.4, 0.5) is 5.69 Å². The van der Waals surface area contributed by atoms with Crippen LogP contribution in [-0.4, -0.2) is 12.0 Å². The molecule has 3 heteroatoms. The number of aromatic nitrogens is 1. The van der Waals surface area contributed by atoms with Gasteiger partial charge in [0.1, 0.15) is 5.52 Å². The molecular formula is C11H12N2S. The van der Waals surface area contributed by atoms with E-state index in [4.69, 9.17) is 4.98 Å². The molecule has 0 saturated heterocycles. The van der Waals surface area contributed by atoms with E-state index in [9.17, 15) is 0 Å². The van der Waals surface area contributed by atoms with Crippen LogP contribution < -0.4 is 5.32 Å². The second-order valence-electron chi connectivity index (χ2n) is 3.73. The summed E-state index contributed by atoms with van der Waals surface area (Å²) in [6.07, 6.45) is 2.66. The quantitative estimate of drug-likeness (QED) is 0.812. The molecule has 1 saturated carbocycles. The highest BCUT2D eigenvalue weighted by atomic mass is 32.1. The summed E-state index contributed by atoms with van der Waals surface area (Å²) in [7, 11) is 1.95. The van der Waals surface area contributed by atoms with Gasteiger partial charge in [0.2, 0.25) is 0 Å². The van der Waals surface area contributed by atoms with Crippen molar-refractivity contribution in [3.05, 3.63) is 23.2 Å². The average Bonchev–Trinajstić information content (AvgIpc) is 2.97. The van der Waals surface area contributed by atoms with Crippen LogP contribution in [0.3, 0.4) is 0 Å². The van der Waals surface area contributed by atoms with Crippen molar-refractivity contribution in [2.45, 2.75) is 18.8 Å². The highest BCUT2D eigenvalue weighted by Gasteiger charge is 2.27. The van der Waals surface area contributed by atoms with Crippen molar-refractivity contribution in [2.75, 3.05) is 12.4 Å². The monoisotopic (exact) mass is 204 g/mol. The van der Waals surface area contributed by atoms with Crippen molar-refractivity contribution in [3.63, 3.8) is 0 Å². The van der Waals surface area contributed by atoms with Crippen molar-refractivity contribution < 1.29 is 0 Å². The van der Waals surface area contributed by atoms with Gasteiger partial charge in [0.05, 0.1) is 15.4 Å². The van der Waals surface area contributed by atoms with E-state index in [1.54, 1.807) is 0 Å². The second kappa shape index (κ2) is 2.95. The van der Waals surface area contributed by atoms with Gasteiger partial charge >= 0.3 is 0 Å². The molecule has 1 aliphatic carbocycles. The Morgan fingerprint density at radius 2 is 2.29 bits per heavy atom. The molecule has 2 nitrogen and oxygen atoms in total. The lowest BCUT2D eigenvalue weighted by Crippen LogP contribution is -1.88. The van der Waals surface area contributed by atoms with Crippen LogP contribution in [0.5, 0.6) is 0 Å². The topological polar surface area (TPSA) is 24.9 Å². The highest BCUT2D eigenvalue weighted by Crippen LogP contribution is 2.44. The van der Waals surface area contributed by atoms with Gasteiger partial charge in [-0.2, -0.15) is 0 Å². The van der Waals surface area contributed by atoms with Gasteiger partial charge < -0.3 is 5.32 Å². The summed E-state index contributed by atoms with van der Waals surface area (Å²) < 4.78 is 1.30. The molecule has 1 heterocycles. The Morgan fingerprint density at radius 3 is 3.00 bits per heavy atom. The van der Waals surface area contributed by atoms with Gasteiger partial charge in [0.25, 0.3) is 0 Å². The normalized spacial score (nSPS) is 16.1. The fourth-order valence-corrected chi connectivity index (χ4v) is 2.84. The fourth-order valence-electron chi connectivity index (χ4n) is 1.67. The molecule has 72 valence electrons. The van der Waals surface area contributed by atoms with Crippen LogP contribution >= 0.6 is 11.3 Å². The van der Waals surface area contributed by atoms with Crippen LogP contribution in [0.15, 0.2) is 18.2 Å². The van der Waals surface area contributed by atoms with Crippen LogP contribution in [-0.2, 0) is 0 Å². The number of thiazole rings is 1. The number of nitrogens with zero attached hydrogens (tertiary/aromatic N) is 1. The Balaban J connectivity index is 2.20. The lowest BCUT2D eigenvalue weighted by Gasteiger charge is -1.98. The third kappa shape index (κ3) is 1.20. The molecule has 0 spiro atoms. The summed E-state index contributed by atoms with van der Waals surface area (Å²) in [5.41, 5.74) is 2.28.